The Morgan fingerprint density at radius 3 is 2.65 bits per heavy atom. The molecule has 0 spiro atoms. The fraction of sp³-hybridized carbons (Fsp3) is 0.368. The van der Waals surface area contributed by atoms with Crippen molar-refractivity contribution in [1.29, 1.82) is 5.26 Å². The van der Waals surface area contributed by atoms with Crippen LogP contribution in [0.3, 0.4) is 0 Å². The van der Waals surface area contributed by atoms with Crippen LogP contribution in [0.15, 0.2) is 12.3 Å². The molecule has 2 aromatic heterocycles. The Hall–Kier alpha value is -2.05. The van der Waals surface area contributed by atoms with Gasteiger partial charge in [0.2, 0.25) is 0 Å². The smallest absolute Gasteiger partial charge is 0.138 e. The van der Waals surface area contributed by atoms with Gasteiger partial charge in [0.25, 0.3) is 0 Å². The number of rotatable bonds is 3. The summed E-state index contributed by atoms with van der Waals surface area (Å²) in [5.74, 6) is 0. The topological polar surface area (TPSA) is 41.1 Å². The lowest BCUT2D eigenvalue weighted by atomic mass is 9.97. The number of benzene rings is 1. The summed E-state index contributed by atoms with van der Waals surface area (Å²) in [6.07, 6.45) is 5.11. The molecule has 0 radical (unpaired) electrons. The maximum atomic E-state index is 9.65. The zero-order chi connectivity index (χ0) is 16.7. The van der Waals surface area contributed by atoms with Crippen LogP contribution in [0, 0.1) is 32.1 Å². The predicted molar refractivity (Wildman–Crippen MR) is 95.2 cm³/mol. The average Bonchev–Trinajstić information content (AvgIpc) is 2.86. The Kier molecular flexibility index (Phi) is 4.04. The van der Waals surface area contributed by atoms with Crippen LogP contribution in [-0.4, -0.2) is 9.38 Å². The van der Waals surface area contributed by atoms with Gasteiger partial charge in [-0.05, 0) is 61.9 Å². The Bertz CT molecular complexity index is 961. The lowest BCUT2D eigenvalue weighted by Gasteiger charge is -2.12. The van der Waals surface area contributed by atoms with Gasteiger partial charge in [-0.3, -0.25) is 4.40 Å². The monoisotopic (exact) mass is 325 g/mol. The minimum Gasteiger partial charge on any atom is -0.298 e. The summed E-state index contributed by atoms with van der Waals surface area (Å²) >= 11 is 6.75. The van der Waals surface area contributed by atoms with Crippen LogP contribution in [0.5, 0.6) is 0 Å². The summed E-state index contributed by atoms with van der Waals surface area (Å²) in [5, 5.41) is 10.4. The van der Waals surface area contributed by atoms with Crippen molar-refractivity contribution in [2.45, 2.75) is 47.0 Å². The normalized spacial score (nSPS) is 11.3. The van der Waals surface area contributed by atoms with E-state index in [1.54, 1.807) is 0 Å². The fourth-order valence-electron chi connectivity index (χ4n) is 3.09. The van der Waals surface area contributed by atoms with Gasteiger partial charge in [-0.25, -0.2) is 4.98 Å². The molecule has 1 aromatic carbocycles. The first-order valence-electron chi connectivity index (χ1n) is 7.99. The van der Waals surface area contributed by atoms with Crippen molar-refractivity contribution in [2.75, 3.05) is 0 Å². The number of nitrogens with zero attached hydrogens (tertiary/aromatic N) is 3. The molecule has 3 nitrogen and oxygen atoms in total. The predicted octanol–water partition coefficient (Wildman–Crippen LogP) is 5.28. The summed E-state index contributed by atoms with van der Waals surface area (Å²) in [7, 11) is 0. The molecule has 0 N–H and O–H groups in total. The van der Waals surface area contributed by atoms with Gasteiger partial charge in [-0.15, -0.1) is 0 Å². The third-order valence-corrected chi connectivity index (χ3v) is 5.07. The third-order valence-electron chi connectivity index (χ3n) is 4.66. The first-order valence-corrected chi connectivity index (χ1v) is 8.37. The van der Waals surface area contributed by atoms with E-state index in [1.165, 1.54) is 11.1 Å². The third kappa shape index (κ3) is 2.38. The summed E-state index contributed by atoms with van der Waals surface area (Å²) in [6.45, 7) is 8.29. The van der Waals surface area contributed by atoms with E-state index in [4.69, 9.17) is 11.6 Å². The highest BCUT2D eigenvalue weighted by Gasteiger charge is 2.20. The first kappa shape index (κ1) is 15.8. The van der Waals surface area contributed by atoms with Crippen molar-refractivity contribution in [2.24, 2.45) is 0 Å². The number of pyridine rings is 1. The molecule has 0 saturated heterocycles. The number of hydrogen-bond donors (Lipinski definition) is 0. The van der Waals surface area contributed by atoms with Gasteiger partial charge in [-0.1, -0.05) is 24.9 Å². The highest BCUT2D eigenvalue weighted by atomic mass is 35.5. The van der Waals surface area contributed by atoms with Crippen molar-refractivity contribution in [3.63, 3.8) is 0 Å². The molecule has 0 unspecified atom stereocenters. The molecule has 0 aliphatic heterocycles. The van der Waals surface area contributed by atoms with E-state index in [0.29, 0.717) is 11.1 Å². The molecular formula is C19H20ClN3. The molecule has 0 aliphatic carbocycles. The van der Waals surface area contributed by atoms with Crippen molar-refractivity contribution < 1.29 is 0 Å². The zero-order valence-electron chi connectivity index (χ0n) is 14.0. The number of nitriles is 1. The number of aryl methyl sites for hydroxylation is 2. The van der Waals surface area contributed by atoms with E-state index in [-0.39, 0.29) is 0 Å². The fourth-order valence-corrected chi connectivity index (χ4v) is 3.51. The molecule has 0 aliphatic rings. The van der Waals surface area contributed by atoms with Crippen molar-refractivity contribution in [3.8, 4) is 6.07 Å². The van der Waals surface area contributed by atoms with Gasteiger partial charge >= 0.3 is 0 Å². The van der Waals surface area contributed by atoms with E-state index in [0.717, 1.165) is 46.6 Å². The van der Waals surface area contributed by atoms with E-state index >= 15 is 0 Å². The van der Waals surface area contributed by atoms with E-state index in [9.17, 15) is 5.26 Å². The second kappa shape index (κ2) is 5.86. The van der Waals surface area contributed by atoms with Crippen LogP contribution in [-0.2, 0) is 6.42 Å². The summed E-state index contributed by atoms with van der Waals surface area (Å²) in [6, 6.07) is 4.39. The number of halogens is 1. The van der Waals surface area contributed by atoms with Crippen LogP contribution in [0.2, 0.25) is 5.02 Å². The first-order chi connectivity index (χ1) is 11.0. The van der Waals surface area contributed by atoms with Gasteiger partial charge in [0, 0.05) is 6.20 Å². The van der Waals surface area contributed by atoms with Gasteiger partial charge in [-0.2, -0.15) is 5.26 Å². The molecule has 2 heterocycles. The van der Waals surface area contributed by atoms with Gasteiger partial charge < -0.3 is 0 Å². The maximum Gasteiger partial charge on any atom is 0.138 e. The van der Waals surface area contributed by atoms with Crippen molar-refractivity contribution in [1.82, 2.24) is 9.38 Å². The minimum absolute atomic E-state index is 0.648. The molecule has 118 valence electrons. The Morgan fingerprint density at radius 1 is 1.26 bits per heavy atom. The largest absolute Gasteiger partial charge is 0.298 e. The van der Waals surface area contributed by atoms with E-state index in [2.05, 4.69) is 38.0 Å². The Balaban J connectivity index is 2.47. The molecule has 0 atom stereocenters. The average molecular weight is 326 g/mol. The highest BCUT2D eigenvalue weighted by Crippen LogP contribution is 2.35. The number of hydrogen-bond acceptors (Lipinski definition) is 2. The summed E-state index contributed by atoms with van der Waals surface area (Å²) in [4.78, 5) is 4.69. The Labute approximate surface area is 141 Å². The van der Waals surface area contributed by atoms with Gasteiger partial charge in [0.15, 0.2) is 0 Å². The lowest BCUT2D eigenvalue weighted by Crippen LogP contribution is -1.98. The molecule has 4 heteroatoms. The molecular weight excluding hydrogens is 306 g/mol. The van der Waals surface area contributed by atoms with Crippen LogP contribution >= 0.6 is 11.6 Å². The SMILES string of the molecule is CCCCc1c(C)c(C#N)c2nc3cc(C)c(C)cn3c2c1Cl. The van der Waals surface area contributed by atoms with Crippen LogP contribution in [0.25, 0.3) is 16.7 Å². The molecule has 3 rings (SSSR count). The van der Waals surface area contributed by atoms with E-state index in [1.807, 2.05) is 17.4 Å². The molecule has 23 heavy (non-hydrogen) atoms. The number of unbranched alkanes of at least 4 members (excludes halogenated alkanes) is 1. The van der Waals surface area contributed by atoms with Gasteiger partial charge in [0.05, 0.1) is 16.1 Å². The number of aromatic nitrogens is 2. The molecule has 0 bridgehead atoms. The summed E-state index contributed by atoms with van der Waals surface area (Å²) in [5.41, 5.74) is 7.47. The summed E-state index contributed by atoms with van der Waals surface area (Å²) < 4.78 is 2.02. The van der Waals surface area contributed by atoms with Crippen LogP contribution in [0.4, 0.5) is 0 Å². The Morgan fingerprint density at radius 2 is 2.00 bits per heavy atom. The lowest BCUT2D eigenvalue weighted by molar-refractivity contribution is 0.791. The zero-order valence-corrected chi connectivity index (χ0v) is 14.8. The van der Waals surface area contributed by atoms with Crippen LogP contribution in [0.1, 0.15) is 47.6 Å². The van der Waals surface area contributed by atoms with Crippen molar-refractivity contribution in [3.05, 3.63) is 45.1 Å². The highest BCUT2D eigenvalue weighted by molar-refractivity contribution is 6.36. The molecule has 0 saturated carbocycles. The second-order valence-electron chi connectivity index (χ2n) is 6.18. The number of fused-ring (bicyclic) bond motifs is 3. The maximum absolute atomic E-state index is 9.65. The van der Waals surface area contributed by atoms with E-state index < -0.39 is 0 Å². The number of imidazole rings is 1. The van der Waals surface area contributed by atoms with Crippen LogP contribution < -0.4 is 0 Å². The van der Waals surface area contributed by atoms with Crippen molar-refractivity contribution >= 4 is 28.3 Å². The molecule has 3 aromatic rings. The molecule has 0 fully saturated rings. The molecule has 0 amide bonds. The second-order valence-corrected chi connectivity index (χ2v) is 6.56. The quantitative estimate of drug-likeness (QED) is 0.657. The minimum atomic E-state index is 0.648. The standard InChI is InChI=1S/C19H20ClN3/c1-5-6-7-14-13(4)15(9-21)18-19(17(14)20)23-10-12(3)11(2)8-16(23)22-18/h8,10H,5-7H2,1-4H3. The van der Waals surface area contributed by atoms with Gasteiger partial charge in [0.1, 0.15) is 17.2 Å².